The fourth-order valence-corrected chi connectivity index (χ4v) is 5.16. The van der Waals surface area contributed by atoms with E-state index in [2.05, 4.69) is 20.6 Å². The molecule has 0 unspecified atom stereocenters. The summed E-state index contributed by atoms with van der Waals surface area (Å²) >= 11 is 7.44. The molecule has 200 valence electrons. The summed E-state index contributed by atoms with van der Waals surface area (Å²) in [5.41, 5.74) is 2.49. The van der Waals surface area contributed by atoms with Crippen LogP contribution in [0.25, 0.3) is 6.08 Å². The number of carbonyl (C=O) groups is 3. The van der Waals surface area contributed by atoms with Gasteiger partial charge in [-0.15, -0.1) is 11.3 Å². The van der Waals surface area contributed by atoms with Gasteiger partial charge in [-0.1, -0.05) is 11.8 Å². The van der Waals surface area contributed by atoms with Crippen molar-refractivity contribution < 1.29 is 28.8 Å². The number of non-ortho nitro benzene ring substituents is 1. The summed E-state index contributed by atoms with van der Waals surface area (Å²) in [4.78, 5) is 54.5. The number of ether oxygens (including phenoxy) is 2. The number of anilines is 1. The van der Waals surface area contributed by atoms with Gasteiger partial charge in [0.2, 0.25) is 5.91 Å². The minimum absolute atomic E-state index is 0.108. The Labute approximate surface area is 230 Å². The van der Waals surface area contributed by atoms with Crippen molar-refractivity contribution in [1.29, 1.82) is 0 Å². The van der Waals surface area contributed by atoms with Crippen molar-refractivity contribution >= 4 is 74.3 Å². The first kappa shape index (κ1) is 27.6. The van der Waals surface area contributed by atoms with E-state index in [4.69, 9.17) is 21.7 Å². The van der Waals surface area contributed by atoms with Crippen LogP contribution in [-0.2, 0) is 19.1 Å². The Balaban J connectivity index is 1.43. The van der Waals surface area contributed by atoms with E-state index in [-0.39, 0.29) is 38.6 Å². The zero-order valence-electron chi connectivity index (χ0n) is 19.8. The number of rotatable bonds is 10. The maximum atomic E-state index is 13.0. The first-order chi connectivity index (χ1) is 18.3. The highest BCUT2D eigenvalue weighted by molar-refractivity contribution is 8.26. The quantitative estimate of drug-likeness (QED) is 0.184. The summed E-state index contributed by atoms with van der Waals surface area (Å²) in [6, 6.07) is 3.79. The summed E-state index contributed by atoms with van der Waals surface area (Å²) in [7, 11) is 0. The zero-order chi connectivity index (χ0) is 27.1. The molecule has 2 N–H and O–H groups in total. The molecular formula is C22H22N6O7S3. The molecule has 0 aliphatic carbocycles. The van der Waals surface area contributed by atoms with Gasteiger partial charge in [-0.25, -0.2) is 4.98 Å². The van der Waals surface area contributed by atoms with Gasteiger partial charge in [-0.3, -0.25) is 40.1 Å². The maximum absolute atomic E-state index is 13.0. The molecule has 1 aromatic carbocycles. The average molecular weight is 579 g/mol. The number of thiazole rings is 1. The number of nitro groups is 1. The van der Waals surface area contributed by atoms with E-state index >= 15 is 0 Å². The molecule has 0 spiro atoms. The van der Waals surface area contributed by atoms with Crippen molar-refractivity contribution in [2.75, 3.05) is 44.8 Å². The summed E-state index contributed by atoms with van der Waals surface area (Å²) in [5.74, 6) is -1.29. The van der Waals surface area contributed by atoms with Crippen LogP contribution in [0.5, 0.6) is 5.75 Å². The molecule has 0 radical (unpaired) electrons. The second-order valence-corrected chi connectivity index (χ2v) is 10.5. The SMILES string of the molecule is O=C(COc1ccc([N+](=O)[O-])cc1C=C1SC(=S)N(NC(=O)CCN2CCOCC2)C1=O)Nc1nccs1. The number of nitrogens with one attached hydrogen (secondary N) is 2. The zero-order valence-corrected chi connectivity index (χ0v) is 22.2. The van der Waals surface area contributed by atoms with Gasteiger partial charge in [-0.2, -0.15) is 5.01 Å². The molecule has 2 aliphatic heterocycles. The van der Waals surface area contributed by atoms with Gasteiger partial charge in [0, 0.05) is 55.3 Å². The van der Waals surface area contributed by atoms with Crippen LogP contribution in [0.1, 0.15) is 12.0 Å². The van der Waals surface area contributed by atoms with E-state index in [9.17, 15) is 24.5 Å². The Bertz CT molecular complexity index is 1260. The van der Waals surface area contributed by atoms with Gasteiger partial charge in [0.15, 0.2) is 16.1 Å². The number of morpholine rings is 1. The molecule has 16 heteroatoms. The van der Waals surface area contributed by atoms with Crippen LogP contribution in [0.2, 0.25) is 0 Å². The van der Waals surface area contributed by atoms with E-state index < -0.39 is 23.3 Å². The number of nitrogens with zero attached hydrogens (tertiary/aromatic N) is 4. The Kier molecular flexibility index (Phi) is 9.35. The molecule has 0 bridgehead atoms. The minimum atomic E-state index is -0.587. The van der Waals surface area contributed by atoms with E-state index in [1.54, 1.807) is 5.38 Å². The van der Waals surface area contributed by atoms with Gasteiger partial charge in [0.1, 0.15) is 5.75 Å². The normalized spacial score (nSPS) is 17.1. The number of hydrogen-bond acceptors (Lipinski definition) is 12. The number of hydrazine groups is 1. The van der Waals surface area contributed by atoms with Crippen LogP contribution >= 0.6 is 35.3 Å². The molecule has 2 aliphatic rings. The van der Waals surface area contributed by atoms with E-state index in [0.717, 1.165) is 29.9 Å². The number of amides is 3. The lowest BCUT2D eigenvalue weighted by Gasteiger charge is -2.26. The highest BCUT2D eigenvalue weighted by Crippen LogP contribution is 2.34. The predicted octanol–water partition coefficient (Wildman–Crippen LogP) is 2.02. The van der Waals surface area contributed by atoms with Crippen molar-refractivity contribution in [2.24, 2.45) is 0 Å². The Morgan fingerprint density at radius 3 is 2.79 bits per heavy atom. The number of hydrogen-bond donors (Lipinski definition) is 2. The lowest BCUT2D eigenvalue weighted by Crippen LogP contribution is -2.46. The molecule has 0 atom stereocenters. The standard InChI is InChI=1S/C22H22N6O7S3/c29-18(3-5-26-6-8-34-9-7-26)25-27-20(31)17(38-22(27)36)12-14-11-15(28(32)33)1-2-16(14)35-13-19(30)24-21-23-4-10-37-21/h1-2,4,10-12H,3,5-9,13H2,(H,25,29)(H,23,24,30). The summed E-state index contributed by atoms with van der Waals surface area (Å²) in [6.07, 6.45) is 3.08. The number of benzene rings is 1. The van der Waals surface area contributed by atoms with Crippen molar-refractivity contribution in [1.82, 2.24) is 20.3 Å². The van der Waals surface area contributed by atoms with Crippen molar-refractivity contribution in [2.45, 2.75) is 6.42 Å². The smallest absolute Gasteiger partial charge is 0.285 e. The van der Waals surface area contributed by atoms with Gasteiger partial charge in [0.05, 0.1) is 23.0 Å². The highest BCUT2D eigenvalue weighted by Gasteiger charge is 2.34. The molecule has 13 nitrogen and oxygen atoms in total. The maximum Gasteiger partial charge on any atom is 0.285 e. The predicted molar refractivity (Wildman–Crippen MR) is 144 cm³/mol. The fraction of sp³-hybridized carbons (Fsp3) is 0.318. The molecule has 38 heavy (non-hydrogen) atoms. The largest absolute Gasteiger partial charge is 0.483 e. The second-order valence-electron chi connectivity index (χ2n) is 7.91. The first-order valence-corrected chi connectivity index (χ1v) is 13.4. The van der Waals surface area contributed by atoms with Crippen LogP contribution in [-0.4, -0.2) is 81.3 Å². The highest BCUT2D eigenvalue weighted by atomic mass is 32.2. The summed E-state index contributed by atoms with van der Waals surface area (Å²) in [6.45, 7) is 2.82. The third kappa shape index (κ3) is 7.32. The molecule has 2 aromatic rings. The second kappa shape index (κ2) is 12.9. The number of nitro benzene ring substituents is 1. The van der Waals surface area contributed by atoms with Crippen molar-refractivity contribution in [3.8, 4) is 5.75 Å². The van der Waals surface area contributed by atoms with Crippen LogP contribution in [0.15, 0.2) is 34.7 Å². The molecule has 0 saturated carbocycles. The molecule has 3 heterocycles. The average Bonchev–Trinajstić information content (AvgIpc) is 3.50. The molecule has 4 rings (SSSR count). The van der Waals surface area contributed by atoms with Crippen LogP contribution < -0.4 is 15.5 Å². The Morgan fingerprint density at radius 1 is 1.29 bits per heavy atom. The number of carbonyl (C=O) groups excluding carboxylic acids is 3. The van der Waals surface area contributed by atoms with E-state index in [1.807, 2.05) is 0 Å². The third-order valence-corrected chi connectivity index (χ3v) is 7.31. The number of thioether (sulfide) groups is 1. The van der Waals surface area contributed by atoms with Gasteiger partial charge < -0.3 is 9.47 Å². The van der Waals surface area contributed by atoms with Crippen molar-refractivity contribution in [3.05, 3.63) is 50.4 Å². The number of aromatic nitrogens is 1. The topological polar surface area (TPSA) is 156 Å². The summed E-state index contributed by atoms with van der Waals surface area (Å²) in [5, 5.41) is 17.0. The van der Waals surface area contributed by atoms with Crippen LogP contribution in [0.4, 0.5) is 10.8 Å². The number of thiocarbonyl (C=S) groups is 1. The molecule has 3 amide bonds. The lowest BCUT2D eigenvalue weighted by molar-refractivity contribution is -0.384. The Hall–Kier alpha value is -3.44. The minimum Gasteiger partial charge on any atom is -0.483 e. The monoisotopic (exact) mass is 578 g/mol. The first-order valence-electron chi connectivity index (χ1n) is 11.3. The fourth-order valence-electron chi connectivity index (χ4n) is 3.45. The van der Waals surface area contributed by atoms with E-state index in [1.165, 1.54) is 41.8 Å². The van der Waals surface area contributed by atoms with Gasteiger partial charge in [-0.05, 0) is 24.4 Å². The van der Waals surface area contributed by atoms with Crippen LogP contribution in [0, 0.1) is 10.1 Å². The molecule has 1 aromatic heterocycles. The van der Waals surface area contributed by atoms with Gasteiger partial charge >= 0.3 is 0 Å². The van der Waals surface area contributed by atoms with E-state index in [0.29, 0.717) is 24.9 Å². The van der Waals surface area contributed by atoms with Crippen LogP contribution in [0.3, 0.4) is 0 Å². The molecule has 2 saturated heterocycles. The van der Waals surface area contributed by atoms with Gasteiger partial charge in [0.25, 0.3) is 17.5 Å². The Morgan fingerprint density at radius 2 is 2.08 bits per heavy atom. The lowest BCUT2D eigenvalue weighted by atomic mass is 10.1. The third-order valence-electron chi connectivity index (χ3n) is 5.32. The summed E-state index contributed by atoms with van der Waals surface area (Å²) < 4.78 is 11.0. The van der Waals surface area contributed by atoms with Crippen molar-refractivity contribution in [3.63, 3.8) is 0 Å². The molecule has 2 fully saturated rings. The molecular weight excluding hydrogens is 556 g/mol.